The third-order valence-electron chi connectivity index (χ3n) is 10.3. The number of carbonyl (C=O) groups is 4. The zero-order chi connectivity index (χ0) is 29.7. The molecule has 1 aromatic rings. The molecule has 0 bridgehead atoms. The van der Waals surface area contributed by atoms with Crippen LogP contribution in [0.4, 0.5) is 5.69 Å². The number of nitrogens with zero attached hydrogens (tertiary/aromatic N) is 4. The van der Waals surface area contributed by atoms with E-state index in [1.165, 1.54) is 43.7 Å². The Morgan fingerprint density at radius 1 is 1.05 bits per heavy atom. The van der Waals surface area contributed by atoms with Crippen LogP contribution in [0.25, 0.3) is 0 Å². The van der Waals surface area contributed by atoms with E-state index in [-0.39, 0.29) is 18.7 Å². The minimum Gasteiger partial charge on any atom is -0.371 e. The fourth-order valence-corrected chi connectivity index (χ4v) is 8.70. The summed E-state index contributed by atoms with van der Waals surface area (Å²) in [6.45, 7) is 6.41. The lowest BCUT2D eigenvalue weighted by Crippen LogP contribution is -2.56. The Kier molecular flexibility index (Phi) is 10.4. The van der Waals surface area contributed by atoms with Gasteiger partial charge in [-0.15, -0.1) is 0 Å². The number of likely N-dealkylation sites (N-methyl/N-ethyl adjacent to an activating group) is 1. The molecule has 1 saturated carbocycles. The van der Waals surface area contributed by atoms with Gasteiger partial charge in [0, 0.05) is 62.7 Å². The summed E-state index contributed by atoms with van der Waals surface area (Å²) in [5.41, 5.74) is 7.94. The minimum absolute atomic E-state index is 0.198. The second-order valence-electron chi connectivity index (χ2n) is 12.9. The average Bonchev–Trinajstić information content (AvgIpc) is 3.01. The molecule has 3 saturated heterocycles. The molecule has 9 nitrogen and oxygen atoms in total. The highest BCUT2D eigenvalue weighted by Crippen LogP contribution is 2.52. The van der Waals surface area contributed by atoms with E-state index in [0.29, 0.717) is 34.9 Å². The molecule has 1 amide bonds. The van der Waals surface area contributed by atoms with Crippen LogP contribution in [0.2, 0.25) is 0 Å². The SMILES string of the molecule is CN(C(=O)c1cccc(N2CCC3(CC2)CC(N2CCC(SN4CCC(N)CC4)CC2)C3)c1C=O)C(C=O)CCC=O. The van der Waals surface area contributed by atoms with Gasteiger partial charge < -0.3 is 30.0 Å². The van der Waals surface area contributed by atoms with Crippen LogP contribution in [-0.4, -0.2) is 109 Å². The average molecular weight is 598 g/mol. The zero-order valence-electron chi connectivity index (χ0n) is 25.0. The second-order valence-corrected chi connectivity index (χ2v) is 14.3. The van der Waals surface area contributed by atoms with Gasteiger partial charge in [-0.2, -0.15) is 0 Å². The van der Waals surface area contributed by atoms with Crippen molar-refractivity contribution in [2.45, 2.75) is 87.6 Å². The van der Waals surface area contributed by atoms with Crippen LogP contribution in [0.1, 0.15) is 84.9 Å². The number of benzene rings is 1. The summed E-state index contributed by atoms with van der Waals surface area (Å²) in [7, 11) is 1.55. The molecular weight excluding hydrogens is 550 g/mol. The summed E-state index contributed by atoms with van der Waals surface area (Å²) in [5, 5.41) is 0.739. The Hall–Kier alpha value is -2.27. The van der Waals surface area contributed by atoms with Crippen molar-refractivity contribution >= 4 is 42.4 Å². The summed E-state index contributed by atoms with van der Waals surface area (Å²) in [5.74, 6) is -0.375. The fraction of sp³-hybridized carbons (Fsp3) is 0.688. The maximum absolute atomic E-state index is 13.3. The third kappa shape index (κ3) is 6.93. The van der Waals surface area contributed by atoms with Crippen LogP contribution >= 0.6 is 11.9 Å². The van der Waals surface area contributed by atoms with Crippen molar-refractivity contribution in [2.75, 3.05) is 51.2 Å². The van der Waals surface area contributed by atoms with Gasteiger partial charge in [-0.3, -0.25) is 13.9 Å². The van der Waals surface area contributed by atoms with Crippen molar-refractivity contribution in [3.8, 4) is 0 Å². The minimum atomic E-state index is -0.703. The first-order valence-electron chi connectivity index (χ1n) is 15.8. The van der Waals surface area contributed by atoms with Gasteiger partial charge in [0.2, 0.25) is 0 Å². The molecule has 1 aliphatic carbocycles. The first kappa shape index (κ1) is 31.2. The maximum atomic E-state index is 13.3. The van der Waals surface area contributed by atoms with E-state index < -0.39 is 6.04 Å². The molecule has 1 spiro atoms. The molecule has 4 fully saturated rings. The third-order valence-corrected chi connectivity index (χ3v) is 11.7. The molecular formula is C32H47N5O4S. The van der Waals surface area contributed by atoms with Crippen molar-refractivity contribution in [3.63, 3.8) is 0 Å². The number of carbonyl (C=O) groups excluding carboxylic acids is 4. The van der Waals surface area contributed by atoms with Gasteiger partial charge in [-0.25, -0.2) is 0 Å². The highest BCUT2D eigenvalue weighted by atomic mass is 32.2. The van der Waals surface area contributed by atoms with E-state index >= 15 is 0 Å². The molecule has 4 aliphatic rings. The molecule has 3 heterocycles. The Labute approximate surface area is 254 Å². The summed E-state index contributed by atoms with van der Waals surface area (Å²) >= 11 is 2.08. The standard InChI is InChI=1S/C32H47N5O4S/c1-34(25(22-39)4-3-19-38)31(41)28-5-2-6-30(29(28)23-40)36-17-11-32(12-18-36)20-26(21-32)35-13-9-27(10-14-35)42-37-15-7-24(33)8-16-37/h2,5-6,19,22-27H,3-4,7-18,20-21,33H2,1H3. The normalized spacial score (nSPS) is 23.3. The van der Waals surface area contributed by atoms with Crippen LogP contribution in [0, 0.1) is 5.41 Å². The number of aldehydes is 3. The second kappa shape index (κ2) is 14.0. The summed E-state index contributed by atoms with van der Waals surface area (Å²) in [6, 6.07) is 5.77. The van der Waals surface area contributed by atoms with Crippen molar-refractivity contribution in [2.24, 2.45) is 11.1 Å². The van der Waals surface area contributed by atoms with E-state index in [9.17, 15) is 19.2 Å². The molecule has 10 heteroatoms. The van der Waals surface area contributed by atoms with Crippen LogP contribution in [0.5, 0.6) is 0 Å². The number of hydrogen-bond donors (Lipinski definition) is 1. The molecule has 3 aliphatic heterocycles. The predicted octanol–water partition coefficient (Wildman–Crippen LogP) is 3.40. The highest BCUT2D eigenvalue weighted by molar-refractivity contribution is 7.97. The van der Waals surface area contributed by atoms with E-state index in [0.717, 1.165) is 75.4 Å². The van der Waals surface area contributed by atoms with Gasteiger partial charge in [-0.05, 0) is 88.4 Å². The first-order chi connectivity index (χ1) is 20.4. The lowest BCUT2D eigenvalue weighted by molar-refractivity contribution is -0.112. The van der Waals surface area contributed by atoms with Crippen molar-refractivity contribution in [3.05, 3.63) is 29.3 Å². The maximum Gasteiger partial charge on any atom is 0.255 e. The monoisotopic (exact) mass is 597 g/mol. The molecule has 0 aromatic heterocycles. The first-order valence-corrected chi connectivity index (χ1v) is 16.6. The summed E-state index contributed by atoms with van der Waals surface area (Å²) in [4.78, 5) is 54.2. The molecule has 2 N–H and O–H groups in total. The van der Waals surface area contributed by atoms with Gasteiger partial charge in [0.1, 0.15) is 12.6 Å². The molecule has 1 unspecified atom stereocenters. The van der Waals surface area contributed by atoms with Crippen molar-refractivity contribution < 1.29 is 19.2 Å². The number of hydrogen-bond acceptors (Lipinski definition) is 9. The molecule has 230 valence electrons. The van der Waals surface area contributed by atoms with E-state index in [1.807, 2.05) is 12.1 Å². The predicted molar refractivity (Wildman–Crippen MR) is 167 cm³/mol. The Bertz CT molecular complexity index is 1100. The van der Waals surface area contributed by atoms with E-state index in [4.69, 9.17) is 5.73 Å². The number of nitrogens with two attached hydrogens (primary N) is 1. The van der Waals surface area contributed by atoms with Gasteiger partial charge >= 0.3 is 0 Å². The van der Waals surface area contributed by atoms with Gasteiger partial charge in [0.05, 0.1) is 17.2 Å². The van der Waals surface area contributed by atoms with Gasteiger partial charge in [0.25, 0.3) is 5.91 Å². The molecule has 1 aromatic carbocycles. The number of piperidine rings is 3. The Morgan fingerprint density at radius 3 is 2.36 bits per heavy atom. The Morgan fingerprint density at radius 2 is 1.74 bits per heavy atom. The summed E-state index contributed by atoms with van der Waals surface area (Å²) < 4.78 is 2.55. The fourth-order valence-electron chi connectivity index (χ4n) is 7.44. The number of likely N-dealkylation sites (tertiary alicyclic amines) is 1. The van der Waals surface area contributed by atoms with Crippen molar-refractivity contribution in [1.82, 2.24) is 14.1 Å². The zero-order valence-corrected chi connectivity index (χ0v) is 25.8. The molecule has 0 radical (unpaired) electrons. The smallest absolute Gasteiger partial charge is 0.255 e. The highest BCUT2D eigenvalue weighted by Gasteiger charge is 2.48. The topological polar surface area (TPSA) is 107 Å². The number of amides is 1. The van der Waals surface area contributed by atoms with Crippen LogP contribution in [0.15, 0.2) is 18.2 Å². The van der Waals surface area contributed by atoms with Crippen molar-refractivity contribution in [1.29, 1.82) is 0 Å². The summed E-state index contributed by atoms with van der Waals surface area (Å²) in [6.07, 6.45) is 12.2. The lowest BCUT2D eigenvalue weighted by Gasteiger charge is -2.56. The lowest BCUT2D eigenvalue weighted by atomic mass is 9.59. The van der Waals surface area contributed by atoms with Crippen LogP contribution < -0.4 is 10.6 Å². The van der Waals surface area contributed by atoms with E-state index in [2.05, 4.69) is 26.1 Å². The molecule has 1 atom stereocenters. The number of anilines is 1. The largest absolute Gasteiger partial charge is 0.371 e. The quantitative estimate of drug-likeness (QED) is 0.303. The molecule has 5 rings (SSSR count). The number of rotatable bonds is 11. The van der Waals surface area contributed by atoms with E-state index in [1.54, 1.807) is 13.1 Å². The van der Waals surface area contributed by atoms with Gasteiger partial charge in [-0.1, -0.05) is 18.0 Å². The molecule has 42 heavy (non-hydrogen) atoms. The Balaban J connectivity index is 1.11. The van der Waals surface area contributed by atoms with Gasteiger partial charge in [0.15, 0.2) is 6.29 Å². The van der Waals surface area contributed by atoms with Crippen LogP contribution in [-0.2, 0) is 9.59 Å². The van der Waals surface area contributed by atoms with Crippen LogP contribution in [0.3, 0.4) is 0 Å².